The van der Waals surface area contributed by atoms with E-state index in [0.29, 0.717) is 17.1 Å². The number of Topliss-reactive ketones (excluding diaryl/α,β-unsaturated/α-hetero) is 1. The topological polar surface area (TPSA) is 35.5 Å². The van der Waals surface area contributed by atoms with Crippen LogP contribution in [0.3, 0.4) is 0 Å². The lowest BCUT2D eigenvalue weighted by atomic mass is 10.1. The van der Waals surface area contributed by atoms with Crippen LogP contribution in [0.1, 0.15) is 45.0 Å². The molecular weight excluding hydrogens is 216 g/mol. The molecule has 0 aliphatic heterocycles. The van der Waals surface area contributed by atoms with Crippen molar-refractivity contribution in [3.63, 3.8) is 0 Å². The first kappa shape index (κ1) is 13.6. The molecule has 3 nitrogen and oxygen atoms in total. The third-order valence-electron chi connectivity index (χ3n) is 2.08. The maximum atomic E-state index is 11.3. The van der Waals surface area contributed by atoms with Crippen LogP contribution in [-0.2, 0) is 0 Å². The lowest BCUT2D eigenvalue weighted by molar-refractivity contribution is 0.101. The maximum Gasteiger partial charge on any atom is 0.162 e. The molecule has 0 heterocycles. The zero-order chi connectivity index (χ0) is 13.0. The normalized spacial score (nSPS) is 10.8. The Morgan fingerprint density at radius 3 is 2.00 bits per heavy atom. The summed E-state index contributed by atoms with van der Waals surface area (Å²) in [4.78, 5) is 11.3. The Morgan fingerprint density at radius 1 is 1.00 bits per heavy atom. The number of rotatable bonds is 5. The number of benzene rings is 1. The minimum absolute atomic E-state index is 0.0229. The van der Waals surface area contributed by atoms with Crippen LogP contribution in [0.15, 0.2) is 18.2 Å². The Morgan fingerprint density at radius 2 is 1.53 bits per heavy atom. The molecule has 0 unspecified atom stereocenters. The van der Waals surface area contributed by atoms with Gasteiger partial charge in [0.25, 0.3) is 0 Å². The van der Waals surface area contributed by atoms with Crippen LogP contribution in [-0.4, -0.2) is 18.0 Å². The summed E-state index contributed by atoms with van der Waals surface area (Å²) in [5, 5.41) is 0. The van der Waals surface area contributed by atoms with E-state index in [1.54, 1.807) is 18.2 Å². The van der Waals surface area contributed by atoms with Crippen molar-refractivity contribution >= 4 is 5.78 Å². The van der Waals surface area contributed by atoms with Crippen molar-refractivity contribution < 1.29 is 14.3 Å². The standard InChI is InChI=1S/C14H20O3/c1-9(2)16-13-7-6-12(11(5)15)8-14(13)17-10(3)4/h6-10H,1-5H3. The van der Waals surface area contributed by atoms with Crippen LogP contribution in [0.25, 0.3) is 0 Å². The Hall–Kier alpha value is -1.51. The van der Waals surface area contributed by atoms with E-state index in [1.165, 1.54) is 6.92 Å². The Bertz CT molecular complexity index is 394. The van der Waals surface area contributed by atoms with Crippen LogP contribution in [0, 0.1) is 0 Å². The minimum atomic E-state index is 0.0229. The second-order valence-electron chi connectivity index (χ2n) is 4.55. The van der Waals surface area contributed by atoms with Crippen molar-refractivity contribution in [3.8, 4) is 11.5 Å². The molecule has 0 saturated heterocycles. The molecule has 0 amide bonds. The number of carbonyl (C=O) groups is 1. The summed E-state index contributed by atoms with van der Waals surface area (Å²) in [5.41, 5.74) is 0.636. The van der Waals surface area contributed by atoms with E-state index in [4.69, 9.17) is 9.47 Å². The highest BCUT2D eigenvalue weighted by molar-refractivity contribution is 5.94. The molecule has 0 fully saturated rings. The number of ketones is 1. The van der Waals surface area contributed by atoms with Crippen LogP contribution in [0.4, 0.5) is 0 Å². The summed E-state index contributed by atoms with van der Waals surface area (Å²) >= 11 is 0. The fourth-order valence-electron chi connectivity index (χ4n) is 1.42. The van der Waals surface area contributed by atoms with E-state index in [-0.39, 0.29) is 18.0 Å². The summed E-state index contributed by atoms with van der Waals surface area (Å²) < 4.78 is 11.3. The van der Waals surface area contributed by atoms with Gasteiger partial charge in [0, 0.05) is 5.56 Å². The summed E-state index contributed by atoms with van der Waals surface area (Å²) in [5.74, 6) is 1.33. The van der Waals surface area contributed by atoms with Gasteiger partial charge < -0.3 is 9.47 Å². The largest absolute Gasteiger partial charge is 0.487 e. The second-order valence-corrected chi connectivity index (χ2v) is 4.55. The van der Waals surface area contributed by atoms with Crippen LogP contribution < -0.4 is 9.47 Å². The molecule has 0 radical (unpaired) electrons. The number of carbonyl (C=O) groups excluding carboxylic acids is 1. The lowest BCUT2D eigenvalue weighted by Gasteiger charge is -2.17. The molecule has 0 spiro atoms. The third kappa shape index (κ3) is 4.10. The average molecular weight is 236 g/mol. The van der Waals surface area contributed by atoms with E-state index in [0.717, 1.165) is 0 Å². The first-order chi connectivity index (χ1) is 7.90. The van der Waals surface area contributed by atoms with Crippen molar-refractivity contribution in [3.05, 3.63) is 23.8 Å². The molecule has 3 heteroatoms. The fraction of sp³-hybridized carbons (Fsp3) is 0.500. The van der Waals surface area contributed by atoms with Crippen LogP contribution >= 0.6 is 0 Å². The van der Waals surface area contributed by atoms with E-state index in [2.05, 4.69) is 0 Å². The number of hydrogen-bond donors (Lipinski definition) is 0. The van der Waals surface area contributed by atoms with Gasteiger partial charge in [-0.05, 0) is 52.8 Å². The van der Waals surface area contributed by atoms with Gasteiger partial charge in [-0.2, -0.15) is 0 Å². The Balaban J connectivity index is 3.07. The van der Waals surface area contributed by atoms with Gasteiger partial charge in [0.2, 0.25) is 0 Å². The molecule has 1 aromatic rings. The highest BCUT2D eigenvalue weighted by Gasteiger charge is 2.11. The van der Waals surface area contributed by atoms with Gasteiger partial charge in [-0.25, -0.2) is 0 Å². The minimum Gasteiger partial charge on any atom is -0.487 e. The van der Waals surface area contributed by atoms with Crippen molar-refractivity contribution in [2.24, 2.45) is 0 Å². The zero-order valence-electron chi connectivity index (χ0n) is 11.1. The smallest absolute Gasteiger partial charge is 0.162 e. The monoisotopic (exact) mass is 236 g/mol. The van der Waals surface area contributed by atoms with Crippen molar-refractivity contribution in [2.45, 2.75) is 46.8 Å². The highest BCUT2D eigenvalue weighted by Crippen LogP contribution is 2.30. The molecule has 1 rings (SSSR count). The maximum absolute atomic E-state index is 11.3. The van der Waals surface area contributed by atoms with Gasteiger partial charge in [0.1, 0.15) is 0 Å². The molecule has 0 aromatic heterocycles. The van der Waals surface area contributed by atoms with Crippen molar-refractivity contribution in [1.29, 1.82) is 0 Å². The molecular formula is C14H20O3. The average Bonchev–Trinajstić information content (AvgIpc) is 2.18. The highest BCUT2D eigenvalue weighted by atomic mass is 16.5. The Kier molecular flexibility index (Phi) is 4.55. The lowest BCUT2D eigenvalue weighted by Crippen LogP contribution is -2.11. The first-order valence-electron chi connectivity index (χ1n) is 5.88. The van der Waals surface area contributed by atoms with E-state index in [1.807, 2.05) is 27.7 Å². The van der Waals surface area contributed by atoms with Gasteiger partial charge in [-0.15, -0.1) is 0 Å². The second kappa shape index (κ2) is 5.71. The number of hydrogen-bond acceptors (Lipinski definition) is 3. The molecule has 0 aliphatic carbocycles. The first-order valence-corrected chi connectivity index (χ1v) is 5.88. The molecule has 0 bridgehead atoms. The zero-order valence-corrected chi connectivity index (χ0v) is 11.1. The van der Waals surface area contributed by atoms with Gasteiger partial charge in [-0.3, -0.25) is 4.79 Å². The van der Waals surface area contributed by atoms with Crippen LogP contribution in [0.5, 0.6) is 11.5 Å². The molecule has 17 heavy (non-hydrogen) atoms. The molecule has 0 saturated carbocycles. The molecule has 94 valence electrons. The summed E-state index contributed by atoms with van der Waals surface area (Å²) in [6, 6.07) is 5.28. The van der Waals surface area contributed by atoms with Gasteiger partial charge in [-0.1, -0.05) is 0 Å². The quantitative estimate of drug-likeness (QED) is 0.734. The molecule has 0 atom stereocenters. The Labute approximate surface area is 103 Å². The van der Waals surface area contributed by atoms with E-state index < -0.39 is 0 Å². The van der Waals surface area contributed by atoms with Crippen molar-refractivity contribution in [1.82, 2.24) is 0 Å². The van der Waals surface area contributed by atoms with Crippen molar-refractivity contribution in [2.75, 3.05) is 0 Å². The SMILES string of the molecule is CC(=O)c1ccc(OC(C)C)c(OC(C)C)c1. The van der Waals surface area contributed by atoms with Gasteiger partial charge in [0.15, 0.2) is 17.3 Å². The predicted octanol–water partition coefficient (Wildman–Crippen LogP) is 3.46. The molecule has 0 N–H and O–H groups in total. The van der Waals surface area contributed by atoms with Crippen LogP contribution in [0.2, 0.25) is 0 Å². The number of ether oxygens (including phenoxy) is 2. The van der Waals surface area contributed by atoms with E-state index in [9.17, 15) is 4.79 Å². The predicted molar refractivity (Wildman–Crippen MR) is 68.0 cm³/mol. The van der Waals surface area contributed by atoms with E-state index >= 15 is 0 Å². The summed E-state index contributed by atoms with van der Waals surface area (Å²) in [6.07, 6.45) is 0.124. The molecule has 1 aromatic carbocycles. The summed E-state index contributed by atoms with van der Waals surface area (Å²) in [7, 11) is 0. The summed E-state index contributed by atoms with van der Waals surface area (Å²) in [6.45, 7) is 9.34. The fourth-order valence-corrected chi connectivity index (χ4v) is 1.42. The third-order valence-corrected chi connectivity index (χ3v) is 2.08. The van der Waals surface area contributed by atoms with Gasteiger partial charge in [0.05, 0.1) is 12.2 Å². The molecule has 0 aliphatic rings. The van der Waals surface area contributed by atoms with Gasteiger partial charge >= 0.3 is 0 Å².